The van der Waals surface area contributed by atoms with Gasteiger partial charge in [0, 0.05) is 6.61 Å². The molecule has 11 heavy (non-hydrogen) atoms. The topological polar surface area (TPSA) is 18.5 Å². The largest absolute Gasteiger partial charge is 0.353 e. The predicted octanol–water partition coefficient (Wildman–Crippen LogP) is 1.55. The third-order valence-corrected chi connectivity index (χ3v) is 1.73. The molecular weight excluding hydrogens is 140 g/mol. The van der Waals surface area contributed by atoms with Crippen LogP contribution in [0.4, 0.5) is 0 Å². The Labute approximate surface area is 67.9 Å². The molecule has 62 valence electrons. The molecule has 0 aromatic carbocycles. The smallest absolute Gasteiger partial charge is 0.159 e. The van der Waals surface area contributed by atoms with Gasteiger partial charge in [0.15, 0.2) is 6.29 Å². The second-order valence-corrected chi connectivity index (χ2v) is 2.74. The van der Waals surface area contributed by atoms with E-state index >= 15 is 0 Å². The molecule has 0 aromatic heterocycles. The molecule has 0 N–H and O–H groups in total. The van der Waals surface area contributed by atoms with Gasteiger partial charge >= 0.3 is 0 Å². The van der Waals surface area contributed by atoms with E-state index in [2.05, 4.69) is 5.92 Å². The highest BCUT2D eigenvalue weighted by Crippen LogP contribution is 2.14. The Hall–Kier alpha value is -0.520. The van der Waals surface area contributed by atoms with Crippen molar-refractivity contribution in [2.24, 2.45) is 0 Å². The van der Waals surface area contributed by atoms with Gasteiger partial charge in [-0.1, -0.05) is 5.92 Å². The maximum Gasteiger partial charge on any atom is 0.159 e. The van der Waals surface area contributed by atoms with E-state index < -0.39 is 0 Å². The Kier molecular flexibility index (Phi) is 3.41. The molecule has 1 rings (SSSR count). The first-order valence-corrected chi connectivity index (χ1v) is 4.06. The van der Waals surface area contributed by atoms with Crippen LogP contribution < -0.4 is 0 Å². The molecule has 0 unspecified atom stereocenters. The Morgan fingerprint density at radius 1 is 1.64 bits per heavy atom. The highest BCUT2D eigenvalue weighted by molar-refractivity contribution is 4.91. The zero-order chi connectivity index (χ0) is 8.10. The van der Waals surface area contributed by atoms with Crippen LogP contribution in [-0.2, 0) is 9.47 Å². The first kappa shape index (κ1) is 8.58. The second kappa shape index (κ2) is 4.38. The number of ether oxygens (including phenoxy) is 2. The Balaban J connectivity index is 2.20. The lowest BCUT2D eigenvalue weighted by Crippen LogP contribution is -2.25. The van der Waals surface area contributed by atoms with Crippen molar-refractivity contribution in [1.82, 2.24) is 0 Å². The summed E-state index contributed by atoms with van der Waals surface area (Å²) in [6.07, 6.45) is 8.28. The average Bonchev–Trinajstić information content (AvgIpc) is 2.06. The molecule has 2 nitrogen and oxygen atoms in total. The summed E-state index contributed by atoms with van der Waals surface area (Å²) < 4.78 is 10.7. The van der Waals surface area contributed by atoms with Gasteiger partial charge in [0.1, 0.15) is 6.10 Å². The summed E-state index contributed by atoms with van der Waals surface area (Å²) in [6.45, 7) is 2.67. The van der Waals surface area contributed by atoms with Gasteiger partial charge in [-0.2, -0.15) is 0 Å². The molecule has 1 fully saturated rings. The van der Waals surface area contributed by atoms with Crippen LogP contribution in [0.1, 0.15) is 26.2 Å². The van der Waals surface area contributed by atoms with Crippen LogP contribution in [0.3, 0.4) is 0 Å². The van der Waals surface area contributed by atoms with E-state index in [4.69, 9.17) is 15.9 Å². The summed E-state index contributed by atoms with van der Waals surface area (Å²) >= 11 is 0. The lowest BCUT2D eigenvalue weighted by Gasteiger charge is -2.23. The van der Waals surface area contributed by atoms with Crippen molar-refractivity contribution in [3.05, 3.63) is 0 Å². The van der Waals surface area contributed by atoms with Crippen molar-refractivity contribution >= 4 is 0 Å². The van der Waals surface area contributed by atoms with Crippen molar-refractivity contribution in [3.8, 4) is 12.3 Å². The van der Waals surface area contributed by atoms with Crippen molar-refractivity contribution in [1.29, 1.82) is 0 Å². The number of hydrogen-bond donors (Lipinski definition) is 0. The van der Waals surface area contributed by atoms with Gasteiger partial charge in [0.05, 0.1) is 0 Å². The van der Waals surface area contributed by atoms with Crippen LogP contribution >= 0.6 is 0 Å². The van der Waals surface area contributed by atoms with Gasteiger partial charge in [0.25, 0.3) is 0 Å². The molecule has 0 bridgehead atoms. The summed E-state index contributed by atoms with van der Waals surface area (Å²) in [5.41, 5.74) is 0. The van der Waals surface area contributed by atoms with Crippen LogP contribution in [-0.4, -0.2) is 19.0 Å². The first-order valence-electron chi connectivity index (χ1n) is 4.06. The number of terminal acetylenes is 1. The van der Waals surface area contributed by atoms with Crippen LogP contribution in [0.2, 0.25) is 0 Å². The van der Waals surface area contributed by atoms with E-state index in [0.29, 0.717) is 0 Å². The Morgan fingerprint density at radius 3 is 3.00 bits per heavy atom. The van der Waals surface area contributed by atoms with E-state index in [-0.39, 0.29) is 12.4 Å². The number of rotatable bonds is 2. The van der Waals surface area contributed by atoms with E-state index in [0.717, 1.165) is 19.4 Å². The number of hydrogen-bond acceptors (Lipinski definition) is 2. The van der Waals surface area contributed by atoms with Gasteiger partial charge in [-0.3, -0.25) is 0 Å². The summed E-state index contributed by atoms with van der Waals surface area (Å²) in [5.74, 6) is 2.51. The molecule has 0 amide bonds. The fourth-order valence-electron chi connectivity index (χ4n) is 1.09. The zero-order valence-corrected chi connectivity index (χ0v) is 6.88. The van der Waals surface area contributed by atoms with Gasteiger partial charge in [0.2, 0.25) is 0 Å². The summed E-state index contributed by atoms with van der Waals surface area (Å²) in [7, 11) is 0. The third-order valence-electron chi connectivity index (χ3n) is 1.73. The van der Waals surface area contributed by atoms with Gasteiger partial charge in [-0.25, -0.2) is 0 Å². The highest BCUT2D eigenvalue weighted by atomic mass is 16.7. The standard InChI is InChI=1S/C9H14O2/c1-3-8(2)11-9-6-4-5-7-10-9/h1,8-9H,4-7H2,2H3/t8-,9-/m0/s1. The normalized spacial score (nSPS) is 27.5. The van der Waals surface area contributed by atoms with E-state index in [1.807, 2.05) is 6.92 Å². The maximum absolute atomic E-state index is 5.38. The molecule has 1 saturated heterocycles. The summed E-state index contributed by atoms with van der Waals surface area (Å²) in [5, 5.41) is 0. The van der Waals surface area contributed by atoms with E-state index in [1.165, 1.54) is 6.42 Å². The minimum Gasteiger partial charge on any atom is -0.353 e. The molecule has 2 heteroatoms. The van der Waals surface area contributed by atoms with Crippen LogP contribution in [0.15, 0.2) is 0 Å². The molecule has 0 spiro atoms. The van der Waals surface area contributed by atoms with Gasteiger partial charge < -0.3 is 9.47 Å². The molecule has 2 atom stereocenters. The first-order chi connectivity index (χ1) is 5.33. The fraction of sp³-hybridized carbons (Fsp3) is 0.778. The van der Waals surface area contributed by atoms with Crippen molar-refractivity contribution in [2.45, 2.75) is 38.6 Å². The minimum absolute atomic E-state index is 0.0604. The lowest BCUT2D eigenvalue weighted by atomic mass is 10.2. The SMILES string of the molecule is C#C[C@H](C)O[C@H]1CCCCO1. The predicted molar refractivity (Wildman–Crippen MR) is 43.0 cm³/mol. The van der Waals surface area contributed by atoms with Gasteiger partial charge in [-0.15, -0.1) is 6.42 Å². The quantitative estimate of drug-likeness (QED) is 0.562. The Bertz CT molecular complexity index is 142. The lowest BCUT2D eigenvalue weighted by molar-refractivity contribution is -0.173. The molecule has 0 aromatic rings. The molecule has 0 saturated carbocycles. The van der Waals surface area contributed by atoms with Crippen molar-refractivity contribution in [2.75, 3.05) is 6.61 Å². The van der Waals surface area contributed by atoms with Crippen LogP contribution in [0, 0.1) is 12.3 Å². The van der Waals surface area contributed by atoms with Crippen LogP contribution in [0.25, 0.3) is 0 Å². The summed E-state index contributed by atoms with van der Waals surface area (Å²) in [4.78, 5) is 0. The van der Waals surface area contributed by atoms with Crippen molar-refractivity contribution < 1.29 is 9.47 Å². The minimum atomic E-state index is -0.127. The third kappa shape index (κ3) is 2.92. The molecule has 0 radical (unpaired) electrons. The molecule has 1 heterocycles. The second-order valence-electron chi connectivity index (χ2n) is 2.74. The van der Waals surface area contributed by atoms with Crippen LogP contribution in [0.5, 0.6) is 0 Å². The van der Waals surface area contributed by atoms with Crippen molar-refractivity contribution in [3.63, 3.8) is 0 Å². The molecule has 1 aliphatic rings. The fourth-order valence-corrected chi connectivity index (χ4v) is 1.09. The summed E-state index contributed by atoms with van der Waals surface area (Å²) in [6, 6.07) is 0. The van der Waals surface area contributed by atoms with E-state index in [9.17, 15) is 0 Å². The average molecular weight is 154 g/mol. The molecular formula is C9H14O2. The Morgan fingerprint density at radius 2 is 2.45 bits per heavy atom. The van der Waals surface area contributed by atoms with Gasteiger partial charge in [-0.05, 0) is 26.2 Å². The molecule has 1 aliphatic heterocycles. The zero-order valence-electron chi connectivity index (χ0n) is 6.88. The molecule has 0 aliphatic carbocycles. The highest BCUT2D eigenvalue weighted by Gasteiger charge is 2.15. The maximum atomic E-state index is 5.38. The monoisotopic (exact) mass is 154 g/mol. The van der Waals surface area contributed by atoms with E-state index in [1.54, 1.807) is 0 Å².